The molecule has 1 heterocycles. The van der Waals surface area contributed by atoms with Crippen molar-refractivity contribution in [2.75, 3.05) is 39.9 Å². The molecule has 0 aromatic rings. The highest BCUT2D eigenvalue weighted by atomic mass is 19.3. The van der Waals surface area contributed by atoms with Gasteiger partial charge in [0.25, 0.3) is 5.92 Å². The van der Waals surface area contributed by atoms with Crippen molar-refractivity contribution in [3.05, 3.63) is 0 Å². The first kappa shape index (κ1) is 16.3. The van der Waals surface area contributed by atoms with Gasteiger partial charge in [0.05, 0.1) is 19.1 Å². The van der Waals surface area contributed by atoms with Crippen molar-refractivity contribution in [3.63, 3.8) is 0 Å². The van der Waals surface area contributed by atoms with Crippen LogP contribution in [0.25, 0.3) is 0 Å². The van der Waals surface area contributed by atoms with E-state index >= 15 is 0 Å². The smallest absolute Gasteiger partial charge is 0.261 e. The number of nitrogens with zero attached hydrogens (tertiary/aromatic N) is 1. The van der Waals surface area contributed by atoms with Crippen LogP contribution in [0.15, 0.2) is 0 Å². The maximum Gasteiger partial charge on any atom is 0.261 e. The topological polar surface area (TPSA) is 41.6 Å². The molecular weight excluding hydrogens is 254 g/mol. The van der Waals surface area contributed by atoms with Crippen molar-refractivity contribution >= 4 is 5.91 Å². The average molecular weight is 278 g/mol. The summed E-state index contributed by atoms with van der Waals surface area (Å²) in [5.41, 5.74) is 0. The first-order chi connectivity index (χ1) is 8.84. The minimum Gasteiger partial charge on any atom is -0.384 e. The normalized spacial score (nSPS) is 20.7. The minimum absolute atomic E-state index is 0.120. The highest BCUT2D eigenvalue weighted by Crippen LogP contribution is 2.27. The van der Waals surface area contributed by atoms with E-state index in [1.165, 1.54) is 7.11 Å². The summed E-state index contributed by atoms with van der Waals surface area (Å²) in [5.74, 6) is -2.77. The quantitative estimate of drug-likeness (QED) is 0.764. The van der Waals surface area contributed by atoms with Crippen LogP contribution in [-0.4, -0.2) is 56.6 Å². The standard InChI is InChI=1S/C13H24F2N2O2/c1-10(2)6-16-12(18)11(8-19-3)7-17-5-4-13(14,15)9-17/h10-11H,4-9H2,1-3H3,(H,16,18). The van der Waals surface area contributed by atoms with Gasteiger partial charge in [-0.2, -0.15) is 0 Å². The second-order valence-electron chi connectivity index (χ2n) is 5.63. The third-order valence-electron chi connectivity index (χ3n) is 3.15. The Morgan fingerprint density at radius 1 is 1.47 bits per heavy atom. The predicted octanol–water partition coefficient (Wildman–Crippen LogP) is 1.36. The number of halogens is 2. The molecule has 112 valence electrons. The van der Waals surface area contributed by atoms with Crippen molar-refractivity contribution in [2.45, 2.75) is 26.2 Å². The van der Waals surface area contributed by atoms with Gasteiger partial charge < -0.3 is 10.1 Å². The molecule has 0 spiro atoms. The van der Waals surface area contributed by atoms with Gasteiger partial charge in [0, 0.05) is 33.2 Å². The third kappa shape index (κ3) is 5.82. The zero-order valence-electron chi connectivity index (χ0n) is 11.9. The Bertz CT molecular complexity index is 298. The predicted molar refractivity (Wildman–Crippen MR) is 69.2 cm³/mol. The molecule has 1 N–H and O–H groups in total. The summed E-state index contributed by atoms with van der Waals surface area (Å²) in [6, 6.07) is 0. The molecule has 1 saturated heterocycles. The molecule has 1 aliphatic rings. The molecule has 0 aromatic carbocycles. The van der Waals surface area contributed by atoms with Gasteiger partial charge in [0.15, 0.2) is 0 Å². The van der Waals surface area contributed by atoms with E-state index in [-0.39, 0.29) is 25.5 Å². The Morgan fingerprint density at radius 2 is 2.16 bits per heavy atom. The first-order valence-corrected chi connectivity index (χ1v) is 6.71. The molecule has 6 heteroatoms. The van der Waals surface area contributed by atoms with Gasteiger partial charge in [0.2, 0.25) is 5.91 Å². The molecule has 0 bridgehead atoms. The van der Waals surface area contributed by atoms with Crippen molar-refractivity contribution in [1.29, 1.82) is 0 Å². The lowest BCUT2D eigenvalue weighted by Gasteiger charge is -2.23. The maximum absolute atomic E-state index is 13.1. The molecule has 4 nitrogen and oxygen atoms in total. The number of carbonyl (C=O) groups excluding carboxylic acids is 1. The minimum atomic E-state index is -2.62. The second-order valence-corrected chi connectivity index (χ2v) is 5.63. The van der Waals surface area contributed by atoms with E-state index in [4.69, 9.17) is 4.74 Å². The summed E-state index contributed by atoms with van der Waals surface area (Å²) in [6.45, 7) is 5.27. The SMILES string of the molecule is COCC(CN1CCC(F)(F)C1)C(=O)NCC(C)C. The molecule has 0 saturated carbocycles. The van der Waals surface area contributed by atoms with Crippen LogP contribution in [0.4, 0.5) is 8.78 Å². The fourth-order valence-corrected chi connectivity index (χ4v) is 2.14. The molecule has 0 radical (unpaired) electrons. The number of hydrogen-bond acceptors (Lipinski definition) is 3. The molecule has 1 rings (SSSR count). The van der Waals surface area contributed by atoms with Crippen LogP contribution in [0.2, 0.25) is 0 Å². The summed E-state index contributed by atoms with van der Waals surface area (Å²) in [5, 5.41) is 2.83. The van der Waals surface area contributed by atoms with Gasteiger partial charge in [-0.3, -0.25) is 9.69 Å². The van der Waals surface area contributed by atoms with Crippen molar-refractivity contribution in [2.24, 2.45) is 11.8 Å². The van der Waals surface area contributed by atoms with Crippen molar-refractivity contribution in [3.8, 4) is 0 Å². The molecule has 19 heavy (non-hydrogen) atoms. The molecular formula is C13H24F2N2O2. The van der Waals surface area contributed by atoms with Crippen LogP contribution in [0, 0.1) is 11.8 Å². The Balaban J connectivity index is 2.46. The van der Waals surface area contributed by atoms with Gasteiger partial charge in [-0.25, -0.2) is 8.78 Å². The van der Waals surface area contributed by atoms with Crippen LogP contribution < -0.4 is 5.32 Å². The van der Waals surface area contributed by atoms with E-state index < -0.39 is 11.8 Å². The van der Waals surface area contributed by atoms with Crippen LogP contribution in [-0.2, 0) is 9.53 Å². The molecule has 1 unspecified atom stereocenters. The number of rotatable bonds is 7. The number of hydrogen-bond donors (Lipinski definition) is 1. The van der Waals surface area contributed by atoms with Gasteiger partial charge in [-0.05, 0) is 5.92 Å². The van der Waals surface area contributed by atoms with Gasteiger partial charge in [-0.1, -0.05) is 13.8 Å². The Kier molecular flexibility index (Phi) is 6.13. The van der Waals surface area contributed by atoms with Gasteiger partial charge >= 0.3 is 0 Å². The summed E-state index contributed by atoms with van der Waals surface area (Å²) in [7, 11) is 1.52. The number of carbonyl (C=O) groups is 1. The van der Waals surface area contributed by atoms with Crippen molar-refractivity contribution < 1.29 is 18.3 Å². The van der Waals surface area contributed by atoms with Crippen LogP contribution in [0.3, 0.4) is 0 Å². The maximum atomic E-state index is 13.1. The van der Waals surface area contributed by atoms with Crippen LogP contribution in [0.5, 0.6) is 0 Å². The average Bonchev–Trinajstić information content (AvgIpc) is 2.65. The van der Waals surface area contributed by atoms with E-state index in [1.54, 1.807) is 4.90 Å². The molecule has 1 atom stereocenters. The van der Waals surface area contributed by atoms with E-state index in [0.29, 0.717) is 25.6 Å². The summed E-state index contributed by atoms with van der Waals surface area (Å²) >= 11 is 0. The summed E-state index contributed by atoms with van der Waals surface area (Å²) < 4.78 is 31.2. The highest BCUT2D eigenvalue weighted by Gasteiger charge is 2.39. The van der Waals surface area contributed by atoms with E-state index in [0.717, 1.165) is 0 Å². The number of amides is 1. The second kappa shape index (κ2) is 7.14. The van der Waals surface area contributed by atoms with Crippen molar-refractivity contribution in [1.82, 2.24) is 10.2 Å². The number of methoxy groups -OCH3 is 1. The van der Waals surface area contributed by atoms with Gasteiger partial charge in [0.1, 0.15) is 0 Å². The molecule has 0 aliphatic carbocycles. The molecule has 1 amide bonds. The fraction of sp³-hybridized carbons (Fsp3) is 0.923. The van der Waals surface area contributed by atoms with E-state index in [1.807, 2.05) is 13.8 Å². The largest absolute Gasteiger partial charge is 0.384 e. The van der Waals surface area contributed by atoms with E-state index in [2.05, 4.69) is 5.32 Å². The number of ether oxygens (including phenoxy) is 1. The Hall–Kier alpha value is -0.750. The lowest BCUT2D eigenvalue weighted by molar-refractivity contribution is -0.127. The lowest BCUT2D eigenvalue weighted by atomic mass is 10.1. The third-order valence-corrected chi connectivity index (χ3v) is 3.15. The number of alkyl halides is 2. The van der Waals surface area contributed by atoms with Crippen LogP contribution in [0.1, 0.15) is 20.3 Å². The van der Waals surface area contributed by atoms with E-state index in [9.17, 15) is 13.6 Å². The number of likely N-dealkylation sites (tertiary alicyclic amines) is 1. The molecule has 0 aromatic heterocycles. The summed E-state index contributed by atoms with van der Waals surface area (Å²) in [6.07, 6.45) is -0.125. The van der Waals surface area contributed by atoms with Gasteiger partial charge in [-0.15, -0.1) is 0 Å². The van der Waals surface area contributed by atoms with Crippen LogP contribution >= 0.6 is 0 Å². The Labute approximate surface area is 113 Å². The molecule has 1 fully saturated rings. The highest BCUT2D eigenvalue weighted by molar-refractivity contribution is 5.79. The zero-order valence-corrected chi connectivity index (χ0v) is 11.9. The zero-order chi connectivity index (χ0) is 14.5. The summed E-state index contributed by atoms with van der Waals surface area (Å²) in [4.78, 5) is 13.6. The first-order valence-electron chi connectivity index (χ1n) is 6.71. The fourth-order valence-electron chi connectivity index (χ4n) is 2.14. The molecule has 1 aliphatic heterocycles. The Morgan fingerprint density at radius 3 is 2.63 bits per heavy atom. The monoisotopic (exact) mass is 278 g/mol. The number of nitrogens with one attached hydrogen (secondary N) is 1. The lowest BCUT2D eigenvalue weighted by Crippen LogP contribution is -2.42.